The third-order valence-electron chi connectivity index (χ3n) is 3.54. The second-order valence-corrected chi connectivity index (χ2v) is 5.22. The molecule has 1 amide bonds. The molecular weight excluding hydrogens is 228 g/mol. The molecule has 1 atom stereocenters. The average Bonchev–Trinajstić information content (AvgIpc) is 3.20. The maximum atomic E-state index is 12.0. The van der Waals surface area contributed by atoms with Crippen LogP contribution < -0.4 is 11.1 Å². The number of aliphatic hydroxyl groups is 1. The lowest BCUT2D eigenvalue weighted by Gasteiger charge is -2.23. The Morgan fingerprint density at radius 2 is 2.17 bits per heavy atom. The largest absolute Gasteiger partial charge is 0.392 e. The molecule has 1 aromatic carbocycles. The van der Waals surface area contributed by atoms with Gasteiger partial charge in [0.15, 0.2) is 0 Å². The number of hydrogen-bond acceptors (Lipinski definition) is 3. The predicted molar refractivity (Wildman–Crippen MR) is 69.5 cm³/mol. The summed E-state index contributed by atoms with van der Waals surface area (Å²) in [5, 5.41) is 11.9. The number of carbonyl (C=O) groups excluding carboxylic acids is 1. The van der Waals surface area contributed by atoms with E-state index in [2.05, 4.69) is 5.32 Å². The molecule has 2 rings (SSSR count). The van der Waals surface area contributed by atoms with Crippen LogP contribution in [0.5, 0.6) is 0 Å². The van der Waals surface area contributed by atoms with E-state index in [1.54, 1.807) is 6.92 Å². The Hall–Kier alpha value is -1.39. The number of rotatable bonds is 5. The molecular formula is C14H20N2O2. The SMILES string of the molecule is CC(N)(C(=O)NCc1cccc(CO)c1)C1CC1. The van der Waals surface area contributed by atoms with Crippen LogP contribution in [0.4, 0.5) is 0 Å². The fourth-order valence-electron chi connectivity index (χ4n) is 2.08. The van der Waals surface area contributed by atoms with E-state index in [0.717, 1.165) is 24.0 Å². The maximum Gasteiger partial charge on any atom is 0.240 e. The summed E-state index contributed by atoms with van der Waals surface area (Å²) < 4.78 is 0. The third-order valence-corrected chi connectivity index (χ3v) is 3.54. The van der Waals surface area contributed by atoms with Crippen LogP contribution in [0.3, 0.4) is 0 Å². The molecule has 0 spiro atoms. The van der Waals surface area contributed by atoms with Crippen molar-refractivity contribution >= 4 is 5.91 Å². The number of aliphatic hydroxyl groups excluding tert-OH is 1. The van der Waals surface area contributed by atoms with Crippen LogP contribution in [0.2, 0.25) is 0 Å². The minimum atomic E-state index is -0.755. The van der Waals surface area contributed by atoms with Gasteiger partial charge in [-0.1, -0.05) is 24.3 Å². The number of benzene rings is 1. The zero-order valence-corrected chi connectivity index (χ0v) is 10.6. The Kier molecular flexibility index (Phi) is 3.68. The number of amides is 1. The van der Waals surface area contributed by atoms with Crippen molar-refractivity contribution in [1.29, 1.82) is 0 Å². The lowest BCUT2D eigenvalue weighted by Crippen LogP contribution is -2.53. The first kappa shape index (κ1) is 13.1. The number of nitrogens with one attached hydrogen (secondary N) is 1. The van der Waals surface area contributed by atoms with Gasteiger partial charge < -0.3 is 16.2 Å². The maximum absolute atomic E-state index is 12.0. The highest BCUT2D eigenvalue weighted by atomic mass is 16.3. The van der Waals surface area contributed by atoms with Crippen LogP contribution in [-0.4, -0.2) is 16.6 Å². The summed E-state index contributed by atoms with van der Waals surface area (Å²) in [6.45, 7) is 2.26. The molecule has 4 nitrogen and oxygen atoms in total. The summed E-state index contributed by atoms with van der Waals surface area (Å²) in [6, 6.07) is 7.52. The molecule has 1 fully saturated rings. The van der Waals surface area contributed by atoms with Gasteiger partial charge in [0.25, 0.3) is 0 Å². The molecule has 1 aliphatic rings. The summed E-state index contributed by atoms with van der Waals surface area (Å²) in [5.41, 5.74) is 7.10. The van der Waals surface area contributed by atoms with E-state index in [1.807, 2.05) is 24.3 Å². The molecule has 4 N–H and O–H groups in total. The highest BCUT2D eigenvalue weighted by Gasteiger charge is 2.43. The van der Waals surface area contributed by atoms with Crippen molar-refractivity contribution < 1.29 is 9.90 Å². The molecule has 0 bridgehead atoms. The van der Waals surface area contributed by atoms with Gasteiger partial charge in [0.1, 0.15) is 0 Å². The van der Waals surface area contributed by atoms with Gasteiger partial charge in [-0.05, 0) is 36.8 Å². The van der Waals surface area contributed by atoms with E-state index in [-0.39, 0.29) is 12.5 Å². The Morgan fingerprint density at radius 3 is 2.78 bits per heavy atom. The van der Waals surface area contributed by atoms with E-state index < -0.39 is 5.54 Å². The molecule has 0 aromatic heterocycles. The van der Waals surface area contributed by atoms with Crippen LogP contribution in [0.15, 0.2) is 24.3 Å². The van der Waals surface area contributed by atoms with Crippen molar-refractivity contribution in [2.45, 2.75) is 38.5 Å². The summed E-state index contributed by atoms with van der Waals surface area (Å²) in [7, 11) is 0. The smallest absolute Gasteiger partial charge is 0.240 e. The summed E-state index contributed by atoms with van der Waals surface area (Å²) in [4.78, 5) is 12.0. The lowest BCUT2D eigenvalue weighted by molar-refractivity contribution is -0.126. The fraction of sp³-hybridized carbons (Fsp3) is 0.500. The highest BCUT2D eigenvalue weighted by Crippen LogP contribution is 2.38. The van der Waals surface area contributed by atoms with E-state index in [0.29, 0.717) is 12.5 Å². The first-order chi connectivity index (χ1) is 8.54. The van der Waals surface area contributed by atoms with Crippen LogP contribution in [0.1, 0.15) is 30.9 Å². The molecule has 18 heavy (non-hydrogen) atoms. The molecule has 0 heterocycles. The van der Waals surface area contributed by atoms with Crippen LogP contribution >= 0.6 is 0 Å². The van der Waals surface area contributed by atoms with Gasteiger partial charge in [0, 0.05) is 6.54 Å². The van der Waals surface area contributed by atoms with E-state index in [1.165, 1.54) is 0 Å². The van der Waals surface area contributed by atoms with Crippen LogP contribution in [0.25, 0.3) is 0 Å². The Balaban J connectivity index is 1.92. The molecule has 1 aromatic rings. The topological polar surface area (TPSA) is 75.4 Å². The molecule has 0 radical (unpaired) electrons. The first-order valence-electron chi connectivity index (χ1n) is 6.30. The fourth-order valence-corrected chi connectivity index (χ4v) is 2.08. The summed E-state index contributed by atoms with van der Waals surface area (Å²) in [5.74, 6) is 0.223. The third kappa shape index (κ3) is 2.89. The number of nitrogens with two attached hydrogens (primary N) is 1. The molecule has 1 aliphatic carbocycles. The van der Waals surface area contributed by atoms with Crippen molar-refractivity contribution in [2.24, 2.45) is 11.7 Å². The van der Waals surface area contributed by atoms with Crippen LogP contribution in [-0.2, 0) is 17.9 Å². The minimum Gasteiger partial charge on any atom is -0.392 e. The summed E-state index contributed by atoms with van der Waals surface area (Å²) >= 11 is 0. The second-order valence-electron chi connectivity index (χ2n) is 5.22. The zero-order valence-electron chi connectivity index (χ0n) is 10.6. The van der Waals surface area contributed by atoms with Gasteiger partial charge in [0.05, 0.1) is 12.1 Å². The average molecular weight is 248 g/mol. The Bertz CT molecular complexity index is 439. The first-order valence-corrected chi connectivity index (χ1v) is 6.30. The summed E-state index contributed by atoms with van der Waals surface area (Å²) in [6.07, 6.45) is 2.08. The molecule has 0 saturated heterocycles. The highest BCUT2D eigenvalue weighted by molar-refractivity contribution is 5.86. The predicted octanol–water partition coefficient (Wildman–Crippen LogP) is 0.922. The van der Waals surface area contributed by atoms with Crippen molar-refractivity contribution in [1.82, 2.24) is 5.32 Å². The van der Waals surface area contributed by atoms with Gasteiger partial charge in [-0.25, -0.2) is 0 Å². The molecule has 4 heteroatoms. The van der Waals surface area contributed by atoms with Gasteiger partial charge in [0.2, 0.25) is 5.91 Å². The number of hydrogen-bond donors (Lipinski definition) is 3. The van der Waals surface area contributed by atoms with Crippen LogP contribution in [0, 0.1) is 5.92 Å². The molecule has 1 saturated carbocycles. The Morgan fingerprint density at radius 1 is 1.50 bits per heavy atom. The monoisotopic (exact) mass is 248 g/mol. The molecule has 1 unspecified atom stereocenters. The van der Waals surface area contributed by atoms with E-state index in [4.69, 9.17) is 10.8 Å². The van der Waals surface area contributed by atoms with Gasteiger partial charge in [-0.3, -0.25) is 4.79 Å². The van der Waals surface area contributed by atoms with Crippen molar-refractivity contribution in [3.8, 4) is 0 Å². The van der Waals surface area contributed by atoms with E-state index in [9.17, 15) is 4.79 Å². The molecule has 0 aliphatic heterocycles. The van der Waals surface area contributed by atoms with E-state index >= 15 is 0 Å². The minimum absolute atomic E-state index is 0.0124. The van der Waals surface area contributed by atoms with Crippen molar-refractivity contribution in [2.75, 3.05) is 0 Å². The lowest BCUT2D eigenvalue weighted by atomic mass is 9.96. The van der Waals surface area contributed by atoms with Gasteiger partial charge in [-0.2, -0.15) is 0 Å². The van der Waals surface area contributed by atoms with Crippen molar-refractivity contribution in [3.05, 3.63) is 35.4 Å². The van der Waals surface area contributed by atoms with Gasteiger partial charge in [-0.15, -0.1) is 0 Å². The Labute approximate surface area is 107 Å². The quantitative estimate of drug-likeness (QED) is 0.725. The standard InChI is InChI=1S/C14H20N2O2/c1-14(15,12-5-6-12)13(18)16-8-10-3-2-4-11(7-10)9-17/h2-4,7,12,17H,5-6,8-9,15H2,1H3,(H,16,18). The zero-order chi connectivity index (χ0) is 13.2. The second kappa shape index (κ2) is 5.08. The van der Waals surface area contributed by atoms with Crippen molar-refractivity contribution in [3.63, 3.8) is 0 Å². The normalized spacial score (nSPS) is 18.2. The van der Waals surface area contributed by atoms with Gasteiger partial charge >= 0.3 is 0 Å². The molecule has 98 valence electrons. The number of carbonyl (C=O) groups is 1.